The van der Waals surface area contributed by atoms with Crippen molar-refractivity contribution in [3.63, 3.8) is 0 Å². The number of nitrogens with one attached hydrogen (secondary N) is 1. The molecule has 6 heteroatoms. The minimum Gasteiger partial charge on any atom is -0.497 e. The lowest BCUT2D eigenvalue weighted by Gasteiger charge is -2.26. The first-order valence-corrected chi connectivity index (χ1v) is 7.93. The highest BCUT2D eigenvalue weighted by Crippen LogP contribution is 2.38. The fourth-order valence-electron chi connectivity index (χ4n) is 3.10. The maximum absolute atomic E-state index is 12.2. The van der Waals surface area contributed by atoms with Crippen LogP contribution < -0.4 is 14.8 Å². The summed E-state index contributed by atoms with van der Waals surface area (Å²) in [5.41, 5.74) is 0.0600. The molecule has 6 nitrogen and oxygen atoms in total. The molecule has 0 saturated carbocycles. The number of hydrogen-bond donors (Lipinski definition) is 2. The molecule has 1 amide bonds. The number of amides is 1. The van der Waals surface area contributed by atoms with Crippen molar-refractivity contribution >= 4 is 5.91 Å². The van der Waals surface area contributed by atoms with Gasteiger partial charge in [0.25, 0.3) is 0 Å². The van der Waals surface area contributed by atoms with Crippen LogP contribution in [-0.2, 0) is 9.53 Å². The Morgan fingerprint density at radius 3 is 3.04 bits per heavy atom. The van der Waals surface area contributed by atoms with Crippen LogP contribution in [-0.4, -0.2) is 49.6 Å². The third kappa shape index (κ3) is 3.28. The van der Waals surface area contributed by atoms with Crippen molar-refractivity contribution < 1.29 is 24.1 Å². The van der Waals surface area contributed by atoms with Gasteiger partial charge in [0, 0.05) is 43.5 Å². The Labute approximate surface area is 135 Å². The molecule has 2 aliphatic heterocycles. The van der Waals surface area contributed by atoms with E-state index in [4.69, 9.17) is 14.2 Å². The lowest BCUT2D eigenvalue weighted by Crippen LogP contribution is -2.47. The average Bonchev–Trinajstić information content (AvgIpc) is 3.09. The summed E-state index contributed by atoms with van der Waals surface area (Å²) >= 11 is 0. The summed E-state index contributed by atoms with van der Waals surface area (Å²) in [6.07, 6.45) is 0.625. The molecule has 0 aliphatic carbocycles. The SMILES string of the molecule is COc1ccc2c(c1)OCC2CC(=O)NCC1(O)CCOC1C. The molecule has 23 heavy (non-hydrogen) atoms. The molecule has 2 aliphatic rings. The van der Waals surface area contributed by atoms with Gasteiger partial charge in [-0.2, -0.15) is 0 Å². The molecular weight excluding hydrogens is 298 g/mol. The monoisotopic (exact) mass is 321 g/mol. The number of carbonyl (C=O) groups excluding carboxylic acids is 1. The molecule has 3 unspecified atom stereocenters. The number of aliphatic hydroxyl groups is 1. The zero-order chi connectivity index (χ0) is 16.4. The molecule has 0 aromatic heterocycles. The zero-order valence-corrected chi connectivity index (χ0v) is 13.5. The molecule has 126 valence electrons. The van der Waals surface area contributed by atoms with Crippen LogP contribution in [0, 0.1) is 0 Å². The summed E-state index contributed by atoms with van der Waals surface area (Å²) < 4.78 is 16.2. The molecule has 2 heterocycles. The molecular formula is C17H23NO5. The minimum atomic E-state index is -0.965. The molecule has 2 N–H and O–H groups in total. The highest BCUT2D eigenvalue weighted by molar-refractivity contribution is 5.77. The van der Waals surface area contributed by atoms with Crippen LogP contribution in [0.5, 0.6) is 11.5 Å². The van der Waals surface area contributed by atoms with Crippen LogP contribution in [0.1, 0.15) is 31.2 Å². The van der Waals surface area contributed by atoms with Crippen LogP contribution in [0.15, 0.2) is 18.2 Å². The first kappa shape index (κ1) is 16.1. The van der Waals surface area contributed by atoms with E-state index in [1.54, 1.807) is 7.11 Å². The molecule has 0 bridgehead atoms. The molecule has 3 atom stereocenters. The smallest absolute Gasteiger partial charge is 0.220 e. The average molecular weight is 321 g/mol. The van der Waals surface area contributed by atoms with Crippen LogP contribution in [0.2, 0.25) is 0 Å². The Hall–Kier alpha value is -1.79. The first-order valence-electron chi connectivity index (χ1n) is 7.93. The number of rotatable bonds is 5. The maximum Gasteiger partial charge on any atom is 0.220 e. The summed E-state index contributed by atoms with van der Waals surface area (Å²) in [7, 11) is 1.61. The van der Waals surface area contributed by atoms with Crippen molar-refractivity contribution in [3.8, 4) is 11.5 Å². The van der Waals surface area contributed by atoms with E-state index < -0.39 is 5.60 Å². The van der Waals surface area contributed by atoms with Gasteiger partial charge in [-0.05, 0) is 13.0 Å². The second-order valence-corrected chi connectivity index (χ2v) is 6.26. The van der Waals surface area contributed by atoms with E-state index in [1.807, 2.05) is 25.1 Å². The van der Waals surface area contributed by atoms with E-state index in [0.29, 0.717) is 26.1 Å². The lowest BCUT2D eigenvalue weighted by molar-refractivity contribution is -0.123. The van der Waals surface area contributed by atoms with Gasteiger partial charge < -0.3 is 24.6 Å². The second-order valence-electron chi connectivity index (χ2n) is 6.26. The Morgan fingerprint density at radius 1 is 1.52 bits per heavy atom. The summed E-state index contributed by atoms with van der Waals surface area (Å²) in [6.45, 7) is 3.06. The molecule has 1 aromatic rings. The number of fused-ring (bicyclic) bond motifs is 1. The number of methoxy groups -OCH3 is 1. The number of carbonyl (C=O) groups is 1. The van der Waals surface area contributed by atoms with Gasteiger partial charge in [-0.3, -0.25) is 4.79 Å². The Balaban J connectivity index is 1.56. The fourth-order valence-corrected chi connectivity index (χ4v) is 3.10. The summed E-state index contributed by atoms with van der Waals surface area (Å²) in [5, 5.41) is 13.2. The van der Waals surface area contributed by atoms with E-state index in [-0.39, 0.29) is 24.5 Å². The normalized spacial score (nSPS) is 29.0. The molecule has 1 aromatic carbocycles. The Bertz CT molecular complexity index is 590. The van der Waals surface area contributed by atoms with Crippen molar-refractivity contribution in [1.82, 2.24) is 5.32 Å². The molecule has 0 radical (unpaired) electrons. The predicted octanol–water partition coefficient (Wildman–Crippen LogP) is 1.22. The molecule has 3 rings (SSSR count). The minimum absolute atomic E-state index is 0.0304. The molecule has 1 saturated heterocycles. The summed E-state index contributed by atoms with van der Waals surface area (Å²) in [4.78, 5) is 12.2. The Morgan fingerprint density at radius 2 is 2.35 bits per heavy atom. The fraction of sp³-hybridized carbons (Fsp3) is 0.588. The third-order valence-electron chi connectivity index (χ3n) is 4.78. The van der Waals surface area contributed by atoms with Crippen LogP contribution in [0.25, 0.3) is 0 Å². The standard InChI is InChI=1S/C17H23NO5/c1-11-17(20,5-6-22-11)10-18-16(19)7-12-9-23-15-8-13(21-2)3-4-14(12)15/h3-4,8,11-12,20H,5-7,9-10H2,1-2H3,(H,18,19). The number of benzene rings is 1. The van der Waals surface area contributed by atoms with Gasteiger partial charge in [0.15, 0.2) is 0 Å². The maximum atomic E-state index is 12.2. The van der Waals surface area contributed by atoms with Crippen molar-refractivity contribution in [1.29, 1.82) is 0 Å². The molecule has 0 spiro atoms. The van der Waals surface area contributed by atoms with E-state index in [1.165, 1.54) is 0 Å². The Kier molecular flexibility index (Phi) is 4.46. The van der Waals surface area contributed by atoms with Gasteiger partial charge in [0.05, 0.1) is 19.8 Å². The molecule has 1 fully saturated rings. The number of hydrogen-bond acceptors (Lipinski definition) is 5. The summed E-state index contributed by atoms with van der Waals surface area (Å²) in [6, 6.07) is 5.66. The lowest BCUT2D eigenvalue weighted by atomic mass is 9.95. The quantitative estimate of drug-likeness (QED) is 0.853. The van der Waals surface area contributed by atoms with Crippen molar-refractivity contribution in [2.24, 2.45) is 0 Å². The predicted molar refractivity (Wildman–Crippen MR) is 83.8 cm³/mol. The van der Waals surface area contributed by atoms with E-state index in [0.717, 1.165) is 17.1 Å². The third-order valence-corrected chi connectivity index (χ3v) is 4.78. The largest absolute Gasteiger partial charge is 0.497 e. The van der Waals surface area contributed by atoms with E-state index in [2.05, 4.69) is 5.32 Å². The second kappa shape index (κ2) is 6.37. The van der Waals surface area contributed by atoms with Gasteiger partial charge in [0.1, 0.15) is 17.1 Å². The van der Waals surface area contributed by atoms with Gasteiger partial charge in [-0.1, -0.05) is 6.07 Å². The van der Waals surface area contributed by atoms with Gasteiger partial charge in [0.2, 0.25) is 5.91 Å². The highest BCUT2D eigenvalue weighted by atomic mass is 16.5. The van der Waals surface area contributed by atoms with Crippen LogP contribution >= 0.6 is 0 Å². The van der Waals surface area contributed by atoms with Crippen molar-refractivity contribution in [2.75, 3.05) is 26.9 Å². The topological polar surface area (TPSA) is 77.0 Å². The first-order chi connectivity index (χ1) is 11.0. The van der Waals surface area contributed by atoms with Gasteiger partial charge >= 0.3 is 0 Å². The van der Waals surface area contributed by atoms with E-state index in [9.17, 15) is 9.90 Å². The van der Waals surface area contributed by atoms with Gasteiger partial charge in [-0.25, -0.2) is 0 Å². The summed E-state index contributed by atoms with van der Waals surface area (Å²) in [5.74, 6) is 1.46. The van der Waals surface area contributed by atoms with Crippen molar-refractivity contribution in [3.05, 3.63) is 23.8 Å². The van der Waals surface area contributed by atoms with Crippen LogP contribution in [0.4, 0.5) is 0 Å². The van der Waals surface area contributed by atoms with E-state index >= 15 is 0 Å². The van der Waals surface area contributed by atoms with Gasteiger partial charge in [-0.15, -0.1) is 0 Å². The van der Waals surface area contributed by atoms with Crippen molar-refractivity contribution in [2.45, 2.75) is 37.4 Å². The van der Waals surface area contributed by atoms with Crippen LogP contribution in [0.3, 0.4) is 0 Å². The highest BCUT2D eigenvalue weighted by Gasteiger charge is 2.39. The zero-order valence-electron chi connectivity index (χ0n) is 13.5. The number of ether oxygens (including phenoxy) is 3.